The Morgan fingerprint density at radius 1 is 1.19 bits per heavy atom. The molecule has 2 saturated heterocycles. The summed E-state index contributed by atoms with van der Waals surface area (Å²) in [5, 5.41) is 3.72. The largest absolute Gasteiger partial charge is 0.363 e. The van der Waals surface area contributed by atoms with Gasteiger partial charge in [0.1, 0.15) is 0 Å². The van der Waals surface area contributed by atoms with E-state index in [0.717, 1.165) is 6.54 Å². The lowest BCUT2D eigenvalue weighted by Gasteiger charge is -2.36. The first-order valence-corrected chi connectivity index (χ1v) is 8.06. The maximum absolute atomic E-state index is 11.9. The highest BCUT2D eigenvalue weighted by Gasteiger charge is 2.42. The van der Waals surface area contributed by atoms with Crippen molar-refractivity contribution in [1.29, 1.82) is 0 Å². The van der Waals surface area contributed by atoms with Gasteiger partial charge in [0.25, 0.3) is 0 Å². The Labute approximate surface area is 126 Å². The summed E-state index contributed by atoms with van der Waals surface area (Å²) in [5.74, 6) is 0.950. The molecule has 0 spiro atoms. The lowest BCUT2D eigenvalue weighted by atomic mass is 9.84. The molecule has 0 radical (unpaired) electrons. The molecule has 3 aliphatic rings. The average molecular weight is 282 g/mol. The van der Waals surface area contributed by atoms with Gasteiger partial charge >= 0.3 is 0 Å². The SMILES string of the molecule is O=C1CC=C(C2CC3CCC2N3)N(Cc2ccccc2)C1. The highest BCUT2D eigenvalue weighted by molar-refractivity contribution is 5.83. The van der Waals surface area contributed by atoms with Crippen LogP contribution in [0.3, 0.4) is 0 Å². The Morgan fingerprint density at radius 2 is 2.05 bits per heavy atom. The van der Waals surface area contributed by atoms with Crippen molar-refractivity contribution in [3.8, 4) is 0 Å². The van der Waals surface area contributed by atoms with Gasteiger partial charge in [-0.1, -0.05) is 36.4 Å². The maximum atomic E-state index is 11.9. The number of fused-ring (bicyclic) bond motifs is 2. The Balaban J connectivity index is 1.56. The predicted octanol–water partition coefficient (Wildman–Crippen LogP) is 2.49. The molecule has 1 aromatic rings. The van der Waals surface area contributed by atoms with Crippen LogP contribution in [0.5, 0.6) is 0 Å². The van der Waals surface area contributed by atoms with Gasteiger partial charge in [-0.2, -0.15) is 0 Å². The topological polar surface area (TPSA) is 32.3 Å². The number of hydrogen-bond donors (Lipinski definition) is 1. The molecule has 4 rings (SSSR count). The molecule has 3 heteroatoms. The number of nitrogens with one attached hydrogen (secondary N) is 1. The Morgan fingerprint density at radius 3 is 2.76 bits per heavy atom. The van der Waals surface area contributed by atoms with Gasteiger partial charge in [-0.05, 0) is 24.8 Å². The zero-order valence-corrected chi connectivity index (χ0v) is 12.3. The van der Waals surface area contributed by atoms with Crippen LogP contribution in [-0.2, 0) is 11.3 Å². The maximum Gasteiger partial charge on any atom is 0.155 e. The summed E-state index contributed by atoms with van der Waals surface area (Å²) in [5.41, 5.74) is 2.70. The van der Waals surface area contributed by atoms with E-state index >= 15 is 0 Å². The van der Waals surface area contributed by atoms with E-state index in [9.17, 15) is 4.79 Å². The minimum absolute atomic E-state index is 0.339. The van der Waals surface area contributed by atoms with Crippen LogP contribution in [0.2, 0.25) is 0 Å². The molecule has 21 heavy (non-hydrogen) atoms. The minimum atomic E-state index is 0.339. The molecule has 110 valence electrons. The summed E-state index contributed by atoms with van der Waals surface area (Å²) in [4.78, 5) is 14.2. The number of nitrogens with zero attached hydrogens (tertiary/aromatic N) is 1. The Kier molecular flexibility index (Phi) is 3.30. The third-order valence-corrected chi connectivity index (χ3v) is 5.17. The van der Waals surface area contributed by atoms with Crippen molar-refractivity contribution in [3.05, 3.63) is 47.7 Å². The predicted molar refractivity (Wildman–Crippen MR) is 82.6 cm³/mol. The molecule has 0 amide bonds. The van der Waals surface area contributed by atoms with E-state index in [4.69, 9.17) is 0 Å². The number of benzene rings is 1. The van der Waals surface area contributed by atoms with Gasteiger partial charge < -0.3 is 10.2 Å². The second-order valence-electron chi connectivity index (χ2n) is 6.60. The van der Waals surface area contributed by atoms with E-state index in [1.807, 2.05) is 6.07 Å². The van der Waals surface area contributed by atoms with Gasteiger partial charge in [0.05, 0.1) is 6.54 Å². The molecule has 0 aromatic heterocycles. The van der Waals surface area contributed by atoms with Crippen LogP contribution in [0.4, 0.5) is 0 Å². The third kappa shape index (κ3) is 2.51. The number of rotatable bonds is 3. The molecule has 2 fully saturated rings. The number of allylic oxidation sites excluding steroid dienone is 1. The molecular formula is C18H22N2O. The molecule has 0 saturated carbocycles. The van der Waals surface area contributed by atoms with Crippen molar-refractivity contribution in [2.45, 2.75) is 44.3 Å². The first-order chi connectivity index (χ1) is 10.3. The quantitative estimate of drug-likeness (QED) is 0.924. The summed E-state index contributed by atoms with van der Waals surface area (Å²) in [6, 6.07) is 11.8. The Bertz CT molecular complexity index is 566. The molecule has 3 atom stereocenters. The van der Waals surface area contributed by atoms with E-state index < -0.39 is 0 Å². The van der Waals surface area contributed by atoms with Crippen LogP contribution in [0, 0.1) is 5.92 Å². The van der Waals surface area contributed by atoms with Crippen LogP contribution >= 0.6 is 0 Å². The van der Waals surface area contributed by atoms with Gasteiger partial charge in [-0.3, -0.25) is 4.79 Å². The summed E-state index contributed by atoms with van der Waals surface area (Å²) >= 11 is 0. The molecule has 3 unspecified atom stereocenters. The number of carbonyl (C=O) groups excluding carboxylic acids is 1. The fourth-order valence-electron chi connectivity index (χ4n) is 4.20. The molecule has 3 heterocycles. The highest BCUT2D eigenvalue weighted by atomic mass is 16.1. The minimum Gasteiger partial charge on any atom is -0.363 e. The van der Waals surface area contributed by atoms with E-state index in [1.165, 1.54) is 30.5 Å². The number of ketones is 1. The molecule has 3 nitrogen and oxygen atoms in total. The summed E-state index contributed by atoms with van der Waals surface area (Å²) in [6.45, 7) is 1.43. The van der Waals surface area contributed by atoms with Gasteiger partial charge in [0.15, 0.2) is 5.78 Å². The number of hydrogen-bond acceptors (Lipinski definition) is 3. The van der Waals surface area contributed by atoms with E-state index in [2.05, 4.69) is 40.6 Å². The average Bonchev–Trinajstić information content (AvgIpc) is 3.11. The number of carbonyl (C=O) groups is 1. The van der Waals surface area contributed by atoms with Crippen LogP contribution in [0.15, 0.2) is 42.1 Å². The monoisotopic (exact) mass is 282 g/mol. The number of Topliss-reactive ketones (excluding diaryl/α,β-unsaturated/α-hetero) is 1. The molecule has 1 aromatic carbocycles. The zero-order valence-electron chi connectivity index (χ0n) is 12.3. The van der Waals surface area contributed by atoms with Crippen LogP contribution < -0.4 is 5.32 Å². The van der Waals surface area contributed by atoms with Gasteiger partial charge in [-0.15, -0.1) is 0 Å². The second kappa shape index (κ2) is 5.30. The van der Waals surface area contributed by atoms with E-state index in [-0.39, 0.29) is 0 Å². The van der Waals surface area contributed by atoms with Gasteiger partial charge in [0, 0.05) is 36.7 Å². The van der Waals surface area contributed by atoms with Gasteiger partial charge in [-0.25, -0.2) is 0 Å². The standard InChI is InChI=1S/C18H22N2O/c21-15-7-9-18(16-10-14-6-8-17(16)19-14)20(12-15)11-13-4-2-1-3-5-13/h1-5,9,14,16-17,19H,6-8,10-12H2. The molecule has 0 aliphatic carbocycles. The van der Waals surface area contributed by atoms with Crippen molar-refractivity contribution in [3.63, 3.8) is 0 Å². The molecule has 1 N–H and O–H groups in total. The summed E-state index contributed by atoms with van der Waals surface area (Å²) in [7, 11) is 0. The van der Waals surface area contributed by atoms with E-state index in [1.54, 1.807) is 0 Å². The van der Waals surface area contributed by atoms with Crippen molar-refractivity contribution in [2.75, 3.05) is 6.54 Å². The fourth-order valence-corrected chi connectivity index (χ4v) is 4.20. The smallest absolute Gasteiger partial charge is 0.155 e. The molecule has 2 bridgehead atoms. The normalized spacial score (nSPS) is 31.6. The van der Waals surface area contributed by atoms with Crippen molar-refractivity contribution >= 4 is 5.78 Å². The third-order valence-electron chi connectivity index (χ3n) is 5.17. The lowest BCUT2D eigenvalue weighted by Crippen LogP contribution is -2.38. The zero-order chi connectivity index (χ0) is 14.2. The van der Waals surface area contributed by atoms with Crippen LogP contribution in [0.1, 0.15) is 31.2 Å². The second-order valence-corrected chi connectivity index (χ2v) is 6.60. The summed E-state index contributed by atoms with van der Waals surface area (Å²) in [6.07, 6.45) is 6.68. The van der Waals surface area contributed by atoms with Gasteiger partial charge in [0.2, 0.25) is 0 Å². The van der Waals surface area contributed by atoms with E-state index in [0.29, 0.717) is 36.8 Å². The Hall–Kier alpha value is -1.61. The van der Waals surface area contributed by atoms with Crippen molar-refractivity contribution in [1.82, 2.24) is 10.2 Å². The van der Waals surface area contributed by atoms with Crippen molar-refractivity contribution in [2.24, 2.45) is 5.92 Å². The van der Waals surface area contributed by atoms with Crippen LogP contribution in [0.25, 0.3) is 0 Å². The van der Waals surface area contributed by atoms with Crippen molar-refractivity contribution < 1.29 is 4.79 Å². The highest BCUT2D eigenvalue weighted by Crippen LogP contribution is 2.40. The summed E-state index contributed by atoms with van der Waals surface area (Å²) < 4.78 is 0. The fraction of sp³-hybridized carbons (Fsp3) is 0.500. The molecular weight excluding hydrogens is 260 g/mol. The first-order valence-electron chi connectivity index (χ1n) is 8.06. The first kappa shape index (κ1) is 13.1. The lowest BCUT2D eigenvalue weighted by molar-refractivity contribution is -0.119. The van der Waals surface area contributed by atoms with Crippen LogP contribution in [-0.4, -0.2) is 29.3 Å². The molecule has 3 aliphatic heterocycles.